The van der Waals surface area contributed by atoms with Crippen molar-refractivity contribution in [3.8, 4) is 5.75 Å². The van der Waals surface area contributed by atoms with E-state index in [1.165, 1.54) is 0 Å². The molecule has 0 saturated carbocycles. The Bertz CT molecular complexity index is 596. The van der Waals surface area contributed by atoms with Gasteiger partial charge in [-0.2, -0.15) is 0 Å². The van der Waals surface area contributed by atoms with Crippen molar-refractivity contribution in [2.45, 2.75) is 26.2 Å². The van der Waals surface area contributed by atoms with E-state index in [4.69, 9.17) is 15.2 Å². The lowest BCUT2D eigenvalue weighted by atomic mass is 10.3. The lowest BCUT2D eigenvalue weighted by Gasteiger charge is -2.05. The first-order valence-corrected chi connectivity index (χ1v) is 8.12. The molecule has 0 aliphatic carbocycles. The van der Waals surface area contributed by atoms with Gasteiger partial charge >= 0.3 is 5.97 Å². The minimum Gasteiger partial charge on any atom is -0.494 e. The maximum Gasteiger partial charge on any atom is 0.311 e. The molecule has 0 unspecified atom stereocenters. The third-order valence-corrected chi connectivity index (χ3v) is 3.87. The van der Waals surface area contributed by atoms with Crippen LogP contribution in [0.1, 0.15) is 24.0 Å². The summed E-state index contributed by atoms with van der Waals surface area (Å²) in [6.07, 6.45) is 1.95. The number of esters is 1. The number of aryl methyl sites for hydroxylation is 1. The molecule has 2 aromatic rings. The number of hydrogen-bond donors (Lipinski definition) is 1. The first-order valence-electron chi connectivity index (χ1n) is 7.24. The summed E-state index contributed by atoms with van der Waals surface area (Å²) in [6, 6.07) is 7.35. The largest absolute Gasteiger partial charge is 0.494 e. The Morgan fingerprint density at radius 3 is 2.82 bits per heavy atom. The van der Waals surface area contributed by atoms with Crippen molar-refractivity contribution in [2.24, 2.45) is 0 Å². The number of anilines is 1. The lowest BCUT2D eigenvalue weighted by molar-refractivity contribution is -0.142. The number of rotatable bonds is 8. The fraction of sp³-hybridized carbons (Fsp3) is 0.375. The van der Waals surface area contributed by atoms with Gasteiger partial charge in [0.05, 0.1) is 30.3 Å². The van der Waals surface area contributed by atoms with Crippen LogP contribution in [0.5, 0.6) is 5.75 Å². The molecule has 0 amide bonds. The summed E-state index contributed by atoms with van der Waals surface area (Å²) < 4.78 is 10.5. The second kappa shape index (κ2) is 8.38. The van der Waals surface area contributed by atoms with E-state index < -0.39 is 0 Å². The Morgan fingerprint density at radius 2 is 2.09 bits per heavy atom. The van der Waals surface area contributed by atoms with Crippen LogP contribution in [-0.2, 0) is 22.4 Å². The summed E-state index contributed by atoms with van der Waals surface area (Å²) >= 11 is 1.57. The molecule has 0 spiro atoms. The smallest absolute Gasteiger partial charge is 0.311 e. The Morgan fingerprint density at radius 1 is 1.32 bits per heavy atom. The maximum absolute atomic E-state index is 11.4. The summed E-state index contributed by atoms with van der Waals surface area (Å²) in [5.41, 5.74) is 7.12. The molecule has 0 atom stereocenters. The van der Waals surface area contributed by atoms with E-state index in [9.17, 15) is 4.79 Å². The highest BCUT2D eigenvalue weighted by atomic mass is 32.1. The molecule has 1 aromatic carbocycles. The van der Waals surface area contributed by atoms with Gasteiger partial charge in [-0.05, 0) is 37.6 Å². The van der Waals surface area contributed by atoms with Gasteiger partial charge in [0.2, 0.25) is 0 Å². The number of ether oxygens (including phenoxy) is 2. The van der Waals surface area contributed by atoms with Crippen molar-refractivity contribution >= 4 is 23.0 Å². The maximum atomic E-state index is 11.4. The van der Waals surface area contributed by atoms with Crippen molar-refractivity contribution in [2.75, 3.05) is 18.9 Å². The predicted molar refractivity (Wildman–Crippen MR) is 87.1 cm³/mol. The van der Waals surface area contributed by atoms with Gasteiger partial charge < -0.3 is 15.2 Å². The Kier molecular flexibility index (Phi) is 6.21. The zero-order valence-corrected chi connectivity index (χ0v) is 13.4. The normalized spacial score (nSPS) is 10.4. The van der Waals surface area contributed by atoms with Crippen LogP contribution in [0, 0.1) is 0 Å². The summed E-state index contributed by atoms with van der Waals surface area (Å²) in [5, 5.41) is 2.92. The van der Waals surface area contributed by atoms with E-state index in [0.29, 0.717) is 13.2 Å². The number of thiazole rings is 1. The van der Waals surface area contributed by atoms with Crippen molar-refractivity contribution in [3.63, 3.8) is 0 Å². The minimum atomic E-state index is -0.231. The minimum absolute atomic E-state index is 0.231. The highest BCUT2D eigenvalue weighted by Gasteiger charge is 2.08. The van der Waals surface area contributed by atoms with Gasteiger partial charge in [-0.1, -0.05) is 0 Å². The van der Waals surface area contributed by atoms with Crippen molar-refractivity contribution in [3.05, 3.63) is 40.3 Å². The highest BCUT2D eigenvalue weighted by Crippen LogP contribution is 2.15. The van der Waals surface area contributed by atoms with E-state index in [1.54, 1.807) is 18.3 Å². The van der Waals surface area contributed by atoms with Crippen LogP contribution < -0.4 is 10.5 Å². The van der Waals surface area contributed by atoms with Crippen molar-refractivity contribution in [1.82, 2.24) is 4.98 Å². The molecule has 6 heteroatoms. The molecular weight excluding hydrogens is 300 g/mol. The molecule has 2 rings (SSSR count). The van der Waals surface area contributed by atoms with Gasteiger partial charge in [-0.3, -0.25) is 4.79 Å². The number of nitrogens with two attached hydrogens (primary N) is 1. The number of benzene rings is 1. The third-order valence-electron chi connectivity index (χ3n) is 2.91. The SMILES string of the molecule is CCOC(=O)Cc1csc(CCCOc2ccc(N)cc2)n1. The van der Waals surface area contributed by atoms with Crippen LogP contribution in [0.3, 0.4) is 0 Å². The molecule has 22 heavy (non-hydrogen) atoms. The fourth-order valence-electron chi connectivity index (χ4n) is 1.88. The predicted octanol–water partition coefficient (Wildman–Crippen LogP) is 2.84. The summed E-state index contributed by atoms with van der Waals surface area (Å²) in [6.45, 7) is 2.82. The molecule has 0 aliphatic rings. The van der Waals surface area contributed by atoms with Crippen LogP contribution in [0.25, 0.3) is 0 Å². The first kappa shape index (κ1) is 16.3. The number of carbonyl (C=O) groups is 1. The fourth-order valence-corrected chi connectivity index (χ4v) is 2.72. The van der Waals surface area contributed by atoms with Gasteiger partial charge in [0, 0.05) is 17.5 Å². The molecule has 0 radical (unpaired) electrons. The first-order chi connectivity index (χ1) is 10.7. The number of nitrogens with zero attached hydrogens (tertiary/aromatic N) is 1. The summed E-state index contributed by atoms with van der Waals surface area (Å²) in [5.74, 6) is 0.586. The molecule has 0 saturated heterocycles. The van der Waals surface area contributed by atoms with E-state index >= 15 is 0 Å². The second-order valence-corrected chi connectivity index (χ2v) is 5.68. The van der Waals surface area contributed by atoms with Gasteiger partial charge in [0.1, 0.15) is 5.75 Å². The number of aromatic nitrogens is 1. The number of carbonyl (C=O) groups excluding carboxylic acids is 1. The number of nitrogen functional groups attached to an aromatic ring is 1. The van der Waals surface area contributed by atoms with Crippen molar-refractivity contribution < 1.29 is 14.3 Å². The van der Waals surface area contributed by atoms with Crippen LogP contribution >= 0.6 is 11.3 Å². The quantitative estimate of drug-likeness (QED) is 0.460. The number of hydrogen-bond acceptors (Lipinski definition) is 6. The molecule has 5 nitrogen and oxygen atoms in total. The summed E-state index contributed by atoms with van der Waals surface area (Å²) in [4.78, 5) is 15.8. The van der Waals surface area contributed by atoms with E-state index in [1.807, 2.05) is 29.6 Å². The standard InChI is InChI=1S/C16H20N2O3S/c1-2-20-16(19)10-13-11-22-15(18-13)4-3-9-21-14-7-5-12(17)6-8-14/h5-8,11H,2-4,9-10,17H2,1H3. The van der Waals surface area contributed by atoms with Crippen LogP contribution in [0.4, 0.5) is 5.69 Å². The second-order valence-electron chi connectivity index (χ2n) is 4.74. The van der Waals surface area contributed by atoms with Gasteiger partial charge in [-0.15, -0.1) is 11.3 Å². The van der Waals surface area contributed by atoms with Crippen LogP contribution in [0.15, 0.2) is 29.6 Å². The molecule has 1 aromatic heterocycles. The zero-order valence-electron chi connectivity index (χ0n) is 12.6. The molecule has 0 aliphatic heterocycles. The molecular formula is C16H20N2O3S. The average molecular weight is 320 g/mol. The molecule has 2 N–H and O–H groups in total. The monoisotopic (exact) mass is 320 g/mol. The Balaban J connectivity index is 1.70. The molecule has 1 heterocycles. The Labute approximate surface area is 134 Å². The van der Waals surface area contributed by atoms with Crippen molar-refractivity contribution in [1.29, 1.82) is 0 Å². The molecule has 0 bridgehead atoms. The van der Waals surface area contributed by atoms with Gasteiger partial charge in [-0.25, -0.2) is 4.98 Å². The highest BCUT2D eigenvalue weighted by molar-refractivity contribution is 7.09. The van der Waals surface area contributed by atoms with Crippen LogP contribution in [0.2, 0.25) is 0 Å². The third kappa shape index (κ3) is 5.37. The Hall–Kier alpha value is -2.08. The molecule has 118 valence electrons. The van der Waals surface area contributed by atoms with Gasteiger partial charge in [0.25, 0.3) is 0 Å². The zero-order chi connectivity index (χ0) is 15.8. The van der Waals surface area contributed by atoms with E-state index in [-0.39, 0.29) is 12.4 Å². The van der Waals surface area contributed by atoms with Crippen LogP contribution in [-0.4, -0.2) is 24.2 Å². The van der Waals surface area contributed by atoms with E-state index in [2.05, 4.69) is 4.98 Å². The van der Waals surface area contributed by atoms with Gasteiger partial charge in [0.15, 0.2) is 0 Å². The lowest BCUT2D eigenvalue weighted by Crippen LogP contribution is -2.07. The molecule has 0 fully saturated rings. The average Bonchev–Trinajstić information content (AvgIpc) is 2.93. The summed E-state index contributed by atoms with van der Waals surface area (Å²) in [7, 11) is 0. The topological polar surface area (TPSA) is 74.4 Å². The van der Waals surface area contributed by atoms with E-state index in [0.717, 1.165) is 35.0 Å².